The Morgan fingerprint density at radius 1 is 1.50 bits per heavy atom. The van der Waals surface area contributed by atoms with E-state index < -0.39 is 0 Å². The zero-order valence-electron chi connectivity index (χ0n) is 9.49. The van der Waals surface area contributed by atoms with Gasteiger partial charge in [-0.3, -0.25) is 0 Å². The summed E-state index contributed by atoms with van der Waals surface area (Å²) >= 11 is 0. The van der Waals surface area contributed by atoms with Crippen LogP contribution in [0.3, 0.4) is 0 Å². The molecule has 0 bridgehead atoms. The number of rotatable bonds is 2. The van der Waals surface area contributed by atoms with Crippen LogP contribution in [0.5, 0.6) is 0 Å². The molecule has 0 spiro atoms. The smallest absolute Gasteiger partial charge is 0.212 e. The Kier molecular flexibility index (Phi) is 2.40. The van der Waals surface area contributed by atoms with Crippen LogP contribution in [0.25, 0.3) is 11.1 Å². The number of nitrogens with zero attached hydrogens (tertiary/aromatic N) is 1. The average molecular weight is 216 g/mol. The lowest BCUT2D eigenvalue weighted by atomic mass is 10.1. The van der Waals surface area contributed by atoms with Gasteiger partial charge >= 0.3 is 0 Å². The summed E-state index contributed by atoms with van der Waals surface area (Å²) < 4.78 is 5.78. The van der Waals surface area contributed by atoms with Crippen molar-refractivity contribution in [3.63, 3.8) is 0 Å². The van der Waals surface area contributed by atoms with E-state index in [0.29, 0.717) is 6.04 Å². The van der Waals surface area contributed by atoms with Gasteiger partial charge in [0.15, 0.2) is 5.58 Å². The van der Waals surface area contributed by atoms with Crippen molar-refractivity contribution in [2.24, 2.45) is 0 Å². The van der Waals surface area contributed by atoms with Gasteiger partial charge in [0.25, 0.3) is 0 Å². The van der Waals surface area contributed by atoms with E-state index in [4.69, 9.17) is 4.42 Å². The molecule has 84 valence electrons. The fourth-order valence-corrected chi connectivity index (χ4v) is 2.26. The van der Waals surface area contributed by atoms with Crippen LogP contribution in [0.4, 0.5) is 0 Å². The molecule has 1 N–H and O–H groups in total. The molecule has 2 heterocycles. The van der Waals surface area contributed by atoms with E-state index in [1.807, 2.05) is 6.07 Å². The number of fused-ring (bicyclic) bond motifs is 1. The van der Waals surface area contributed by atoms with Gasteiger partial charge in [0.05, 0.1) is 6.04 Å². The van der Waals surface area contributed by atoms with Crippen LogP contribution >= 0.6 is 0 Å². The molecule has 0 amide bonds. The summed E-state index contributed by atoms with van der Waals surface area (Å²) in [6, 6.07) is 6.58. The molecule has 1 aliphatic rings. The maximum atomic E-state index is 5.78. The summed E-state index contributed by atoms with van der Waals surface area (Å²) in [6.45, 7) is 3.23. The SMILES string of the molecule is CCc1ccc2oc(C3CCCN3)nc2c1. The van der Waals surface area contributed by atoms with Crippen LogP contribution in [-0.2, 0) is 6.42 Å². The molecule has 3 rings (SSSR count). The molecule has 0 saturated carbocycles. The van der Waals surface area contributed by atoms with Crippen molar-refractivity contribution in [1.29, 1.82) is 0 Å². The van der Waals surface area contributed by atoms with Crippen LogP contribution < -0.4 is 5.32 Å². The van der Waals surface area contributed by atoms with Gasteiger partial charge in [-0.25, -0.2) is 4.98 Å². The molecule has 1 aliphatic heterocycles. The third-order valence-electron chi connectivity index (χ3n) is 3.24. The molecule has 1 atom stereocenters. The first-order valence-corrected chi connectivity index (χ1v) is 5.99. The Balaban J connectivity index is 2.01. The monoisotopic (exact) mass is 216 g/mol. The Bertz CT molecular complexity index is 498. The second kappa shape index (κ2) is 3.91. The van der Waals surface area contributed by atoms with Crippen LogP contribution in [0, 0.1) is 0 Å². The maximum Gasteiger partial charge on any atom is 0.212 e. The van der Waals surface area contributed by atoms with Crippen LogP contribution in [0.1, 0.15) is 37.3 Å². The number of aromatic nitrogens is 1. The van der Waals surface area contributed by atoms with Crippen molar-refractivity contribution in [2.45, 2.75) is 32.2 Å². The fraction of sp³-hybridized carbons (Fsp3) is 0.462. The van der Waals surface area contributed by atoms with E-state index >= 15 is 0 Å². The second-order valence-electron chi connectivity index (χ2n) is 4.36. The normalized spacial score (nSPS) is 20.7. The molecule has 16 heavy (non-hydrogen) atoms. The van der Waals surface area contributed by atoms with Crippen molar-refractivity contribution in [2.75, 3.05) is 6.54 Å². The molecule has 2 aromatic rings. The summed E-state index contributed by atoms with van der Waals surface area (Å²) in [5, 5.41) is 3.41. The zero-order valence-corrected chi connectivity index (χ0v) is 9.49. The van der Waals surface area contributed by atoms with E-state index in [2.05, 4.69) is 29.4 Å². The van der Waals surface area contributed by atoms with Crippen molar-refractivity contribution in [3.8, 4) is 0 Å². The minimum Gasteiger partial charge on any atom is -0.439 e. The zero-order chi connectivity index (χ0) is 11.0. The van der Waals surface area contributed by atoms with E-state index in [1.54, 1.807) is 0 Å². The van der Waals surface area contributed by atoms with Gasteiger partial charge in [-0.2, -0.15) is 0 Å². The minimum atomic E-state index is 0.317. The van der Waals surface area contributed by atoms with E-state index in [1.165, 1.54) is 12.0 Å². The van der Waals surface area contributed by atoms with Crippen molar-refractivity contribution in [1.82, 2.24) is 10.3 Å². The number of benzene rings is 1. The van der Waals surface area contributed by atoms with Crippen LogP contribution in [0.2, 0.25) is 0 Å². The van der Waals surface area contributed by atoms with Gasteiger partial charge in [0.2, 0.25) is 5.89 Å². The summed E-state index contributed by atoms with van der Waals surface area (Å²) in [4.78, 5) is 4.57. The third-order valence-corrected chi connectivity index (χ3v) is 3.24. The highest BCUT2D eigenvalue weighted by molar-refractivity contribution is 5.73. The lowest BCUT2D eigenvalue weighted by Gasteiger charge is -2.02. The Hall–Kier alpha value is -1.35. The topological polar surface area (TPSA) is 38.1 Å². The van der Waals surface area contributed by atoms with Gasteiger partial charge < -0.3 is 9.73 Å². The molecule has 1 unspecified atom stereocenters. The average Bonchev–Trinajstić information content (AvgIpc) is 2.96. The van der Waals surface area contributed by atoms with Gasteiger partial charge in [-0.1, -0.05) is 13.0 Å². The lowest BCUT2D eigenvalue weighted by molar-refractivity contribution is 0.452. The highest BCUT2D eigenvalue weighted by Crippen LogP contribution is 2.26. The molecule has 0 radical (unpaired) electrons. The van der Waals surface area contributed by atoms with Crippen molar-refractivity contribution >= 4 is 11.1 Å². The number of oxazole rings is 1. The molecule has 1 fully saturated rings. The van der Waals surface area contributed by atoms with Crippen molar-refractivity contribution in [3.05, 3.63) is 29.7 Å². The Morgan fingerprint density at radius 3 is 3.19 bits per heavy atom. The molecule has 1 saturated heterocycles. The maximum absolute atomic E-state index is 5.78. The van der Waals surface area contributed by atoms with E-state index in [9.17, 15) is 0 Å². The first-order valence-electron chi connectivity index (χ1n) is 5.99. The number of hydrogen-bond donors (Lipinski definition) is 1. The summed E-state index contributed by atoms with van der Waals surface area (Å²) in [5.41, 5.74) is 3.20. The first-order chi connectivity index (χ1) is 7.86. The second-order valence-corrected chi connectivity index (χ2v) is 4.36. The number of nitrogens with one attached hydrogen (secondary N) is 1. The predicted molar refractivity (Wildman–Crippen MR) is 63.4 cm³/mol. The molecule has 1 aromatic carbocycles. The Labute approximate surface area is 94.9 Å². The summed E-state index contributed by atoms with van der Waals surface area (Å²) in [5.74, 6) is 0.848. The van der Waals surface area contributed by atoms with Gasteiger partial charge in [-0.05, 0) is 43.5 Å². The summed E-state index contributed by atoms with van der Waals surface area (Å²) in [6.07, 6.45) is 3.39. The molecule has 3 nitrogen and oxygen atoms in total. The Morgan fingerprint density at radius 2 is 2.44 bits per heavy atom. The highest BCUT2D eigenvalue weighted by Gasteiger charge is 2.21. The van der Waals surface area contributed by atoms with Crippen LogP contribution in [-0.4, -0.2) is 11.5 Å². The third kappa shape index (κ3) is 1.61. The number of aryl methyl sites for hydroxylation is 1. The largest absolute Gasteiger partial charge is 0.439 e. The molecule has 1 aromatic heterocycles. The molecule has 0 aliphatic carbocycles. The number of hydrogen-bond acceptors (Lipinski definition) is 3. The molecular weight excluding hydrogens is 200 g/mol. The van der Waals surface area contributed by atoms with E-state index in [0.717, 1.165) is 36.4 Å². The lowest BCUT2D eigenvalue weighted by Crippen LogP contribution is -2.12. The summed E-state index contributed by atoms with van der Waals surface area (Å²) in [7, 11) is 0. The van der Waals surface area contributed by atoms with E-state index in [-0.39, 0.29) is 0 Å². The molecule has 3 heteroatoms. The standard InChI is InChI=1S/C13H16N2O/c1-2-9-5-6-12-11(8-9)15-13(16-12)10-4-3-7-14-10/h5-6,8,10,14H,2-4,7H2,1H3. The van der Waals surface area contributed by atoms with Crippen molar-refractivity contribution < 1.29 is 4.42 Å². The van der Waals surface area contributed by atoms with Gasteiger partial charge in [0, 0.05) is 0 Å². The fourth-order valence-electron chi connectivity index (χ4n) is 2.26. The van der Waals surface area contributed by atoms with Crippen LogP contribution in [0.15, 0.2) is 22.6 Å². The molecular formula is C13H16N2O. The highest BCUT2D eigenvalue weighted by atomic mass is 16.3. The first kappa shape index (κ1) is 9.85. The predicted octanol–water partition coefficient (Wildman–Crippen LogP) is 2.81. The minimum absolute atomic E-state index is 0.317. The quantitative estimate of drug-likeness (QED) is 0.838. The van der Waals surface area contributed by atoms with Gasteiger partial charge in [0.1, 0.15) is 5.52 Å². The van der Waals surface area contributed by atoms with Gasteiger partial charge in [-0.15, -0.1) is 0 Å².